The first-order valence-corrected chi connectivity index (χ1v) is 5.10. The van der Waals surface area contributed by atoms with E-state index in [-0.39, 0.29) is 12.6 Å². The molecule has 1 aromatic rings. The Hall–Kier alpha value is -1.77. The predicted molar refractivity (Wildman–Crippen MR) is 62.2 cm³/mol. The highest BCUT2D eigenvalue weighted by Gasteiger charge is 2.05. The minimum atomic E-state index is -0.287. The van der Waals surface area contributed by atoms with Crippen LogP contribution in [0.5, 0.6) is 5.75 Å². The van der Waals surface area contributed by atoms with Crippen molar-refractivity contribution in [1.82, 2.24) is 0 Å². The molecule has 0 N–H and O–H groups in total. The summed E-state index contributed by atoms with van der Waals surface area (Å²) in [5.74, 6) is 0.474. The molecule has 0 aliphatic heterocycles. The number of methoxy groups -OCH3 is 1. The van der Waals surface area contributed by atoms with Gasteiger partial charge in [-0.3, -0.25) is 0 Å². The summed E-state index contributed by atoms with van der Waals surface area (Å²) in [5.41, 5.74) is 1.53. The van der Waals surface area contributed by atoms with Gasteiger partial charge in [-0.2, -0.15) is 0 Å². The number of allylic oxidation sites excluding steroid dienone is 1. The second-order valence-corrected chi connectivity index (χ2v) is 3.40. The molecule has 0 spiro atoms. The van der Waals surface area contributed by atoms with Crippen molar-refractivity contribution in [3.8, 4) is 5.75 Å². The Morgan fingerprint density at radius 1 is 1.44 bits per heavy atom. The molecule has 3 nitrogen and oxygen atoms in total. The maximum Gasteiger partial charge on any atom is 0.333 e. The van der Waals surface area contributed by atoms with Crippen LogP contribution in [0.3, 0.4) is 0 Å². The van der Waals surface area contributed by atoms with Gasteiger partial charge in [0, 0.05) is 5.57 Å². The smallest absolute Gasteiger partial charge is 0.333 e. The maximum atomic E-state index is 11.4. The van der Waals surface area contributed by atoms with Gasteiger partial charge in [-0.15, -0.1) is 0 Å². The van der Waals surface area contributed by atoms with Crippen LogP contribution in [-0.2, 0) is 16.1 Å². The number of carbonyl (C=O) groups excluding carboxylic acids is 1. The van der Waals surface area contributed by atoms with Crippen LogP contribution < -0.4 is 4.74 Å². The molecule has 1 rings (SSSR count). The normalized spacial score (nSPS) is 11.1. The van der Waals surface area contributed by atoms with Gasteiger partial charge >= 0.3 is 5.97 Å². The van der Waals surface area contributed by atoms with Crippen LogP contribution in [-0.4, -0.2) is 13.1 Å². The van der Waals surface area contributed by atoms with E-state index in [0.29, 0.717) is 5.57 Å². The third-order valence-corrected chi connectivity index (χ3v) is 2.26. The van der Waals surface area contributed by atoms with Gasteiger partial charge in [-0.05, 0) is 31.5 Å². The Balaban J connectivity index is 2.58. The van der Waals surface area contributed by atoms with Crippen LogP contribution in [0.1, 0.15) is 19.4 Å². The lowest BCUT2D eigenvalue weighted by Gasteiger charge is -2.06. The Morgan fingerprint density at radius 2 is 2.19 bits per heavy atom. The predicted octanol–water partition coefficient (Wildman–Crippen LogP) is 2.70. The summed E-state index contributed by atoms with van der Waals surface area (Å²) in [5, 5.41) is 0. The van der Waals surface area contributed by atoms with Crippen LogP contribution in [0.25, 0.3) is 0 Å². The van der Waals surface area contributed by atoms with E-state index < -0.39 is 0 Å². The minimum absolute atomic E-state index is 0.265. The summed E-state index contributed by atoms with van der Waals surface area (Å²) in [4.78, 5) is 11.4. The molecule has 0 amide bonds. The fourth-order valence-corrected chi connectivity index (χ4v) is 1.14. The molecule has 0 radical (unpaired) electrons. The third kappa shape index (κ3) is 3.42. The molecule has 3 heteroatoms. The fourth-order valence-electron chi connectivity index (χ4n) is 1.14. The van der Waals surface area contributed by atoms with Gasteiger partial charge in [0.15, 0.2) is 0 Å². The Kier molecular flexibility index (Phi) is 4.58. The zero-order valence-corrected chi connectivity index (χ0v) is 9.82. The van der Waals surface area contributed by atoms with Crippen molar-refractivity contribution in [2.24, 2.45) is 0 Å². The Bertz CT molecular complexity index is 394. The Labute approximate surface area is 95.7 Å². The van der Waals surface area contributed by atoms with Crippen LogP contribution in [0.15, 0.2) is 35.9 Å². The second kappa shape index (κ2) is 5.95. The van der Waals surface area contributed by atoms with Crippen LogP contribution >= 0.6 is 0 Å². The van der Waals surface area contributed by atoms with E-state index in [1.54, 1.807) is 20.1 Å². The molecule has 16 heavy (non-hydrogen) atoms. The number of rotatable bonds is 4. The van der Waals surface area contributed by atoms with Crippen molar-refractivity contribution in [1.29, 1.82) is 0 Å². The highest BCUT2D eigenvalue weighted by molar-refractivity contribution is 5.87. The molecule has 86 valence electrons. The van der Waals surface area contributed by atoms with Gasteiger partial charge in [0.25, 0.3) is 0 Å². The van der Waals surface area contributed by atoms with Crippen LogP contribution in [0, 0.1) is 0 Å². The topological polar surface area (TPSA) is 35.5 Å². The van der Waals surface area contributed by atoms with Gasteiger partial charge in [0.05, 0.1) is 7.11 Å². The molecular weight excluding hydrogens is 204 g/mol. The molecular formula is C13H16O3. The molecule has 1 aromatic carbocycles. The number of carbonyl (C=O) groups is 1. The van der Waals surface area contributed by atoms with Crippen molar-refractivity contribution < 1.29 is 14.3 Å². The van der Waals surface area contributed by atoms with E-state index in [1.807, 2.05) is 31.2 Å². The first-order valence-electron chi connectivity index (χ1n) is 5.10. The highest BCUT2D eigenvalue weighted by atomic mass is 16.5. The summed E-state index contributed by atoms with van der Waals surface area (Å²) >= 11 is 0. The zero-order valence-electron chi connectivity index (χ0n) is 9.82. The van der Waals surface area contributed by atoms with E-state index >= 15 is 0 Å². The molecule has 0 aliphatic carbocycles. The highest BCUT2D eigenvalue weighted by Crippen LogP contribution is 2.13. The molecule has 0 fully saturated rings. The molecule has 0 atom stereocenters. The number of hydrogen-bond donors (Lipinski definition) is 0. The molecule has 0 heterocycles. The van der Waals surface area contributed by atoms with Crippen molar-refractivity contribution >= 4 is 5.97 Å². The molecule has 0 unspecified atom stereocenters. The monoisotopic (exact) mass is 220 g/mol. The summed E-state index contributed by atoms with van der Waals surface area (Å²) in [7, 11) is 1.61. The standard InChI is InChI=1S/C13H16O3/c1-4-10(2)13(14)16-9-11-6-5-7-12(8-11)15-3/h4-8H,9H2,1-3H3/b10-4-. The third-order valence-electron chi connectivity index (χ3n) is 2.26. The van der Waals surface area contributed by atoms with Crippen molar-refractivity contribution in [2.75, 3.05) is 7.11 Å². The van der Waals surface area contributed by atoms with Crippen molar-refractivity contribution in [2.45, 2.75) is 20.5 Å². The summed E-state index contributed by atoms with van der Waals surface area (Å²) in [6.07, 6.45) is 1.73. The van der Waals surface area contributed by atoms with E-state index in [0.717, 1.165) is 11.3 Å². The first-order chi connectivity index (χ1) is 7.67. The van der Waals surface area contributed by atoms with Gasteiger partial charge in [0.1, 0.15) is 12.4 Å². The average Bonchev–Trinajstić information content (AvgIpc) is 2.35. The summed E-state index contributed by atoms with van der Waals surface area (Å²) in [6, 6.07) is 7.45. The van der Waals surface area contributed by atoms with E-state index in [4.69, 9.17) is 9.47 Å². The van der Waals surface area contributed by atoms with Gasteiger partial charge in [-0.25, -0.2) is 4.79 Å². The van der Waals surface area contributed by atoms with Crippen LogP contribution in [0.4, 0.5) is 0 Å². The molecule has 0 aromatic heterocycles. The quantitative estimate of drug-likeness (QED) is 0.578. The Morgan fingerprint density at radius 3 is 2.81 bits per heavy atom. The van der Waals surface area contributed by atoms with Gasteiger partial charge in [-0.1, -0.05) is 18.2 Å². The fraction of sp³-hybridized carbons (Fsp3) is 0.308. The lowest BCUT2D eigenvalue weighted by Crippen LogP contribution is -2.05. The molecule has 0 saturated carbocycles. The molecule has 0 aliphatic rings. The number of hydrogen-bond acceptors (Lipinski definition) is 3. The summed E-state index contributed by atoms with van der Waals surface area (Å²) < 4.78 is 10.2. The average molecular weight is 220 g/mol. The number of ether oxygens (including phenoxy) is 2. The SMILES string of the molecule is C/C=C(/C)C(=O)OCc1cccc(OC)c1. The lowest BCUT2D eigenvalue weighted by molar-refractivity contribution is -0.140. The minimum Gasteiger partial charge on any atom is -0.497 e. The van der Waals surface area contributed by atoms with Crippen molar-refractivity contribution in [3.63, 3.8) is 0 Å². The van der Waals surface area contributed by atoms with Gasteiger partial charge in [0.2, 0.25) is 0 Å². The zero-order chi connectivity index (χ0) is 12.0. The molecule has 0 bridgehead atoms. The second-order valence-electron chi connectivity index (χ2n) is 3.40. The first kappa shape index (κ1) is 12.3. The lowest BCUT2D eigenvalue weighted by atomic mass is 10.2. The largest absolute Gasteiger partial charge is 0.497 e. The summed E-state index contributed by atoms with van der Waals surface area (Å²) in [6.45, 7) is 3.80. The van der Waals surface area contributed by atoms with E-state index in [9.17, 15) is 4.79 Å². The van der Waals surface area contributed by atoms with Gasteiger partial charge < -0.3 is 9.47 Å². The molecule has 0 saturated heterocycles. The number of esters is 1. The van der Waals surface area contributed by atoms with E-state index in [2.05, 4.69) is 0 Å². The van der Waals surface area contributed by atoms with Crippen molar-refractivity contribution in [3.05, 3.63) is 41.5 Å². The van der Waals surface area contributed by atoms with E-state index in [1.165, 1.54) is 0 Å². The van der Waals surface area contributed by atoms with Crippen LogP contribution in [0.2, 0.25) is 0 Å². The number of benzene rings is 1. The maximum absolute atomic E-state index is 11.4.